The van der Waals surface area contributed by atoms with Crippen molar-refractivity contribution in [2.75, 3.05) is 53.1 Å². The quantitative estimate of drug-likeness (QED) is 0.170. The summed E-state index contributed by atoms with van der Waals surface area (Å²) in [6.07, 6.45) is -1.64. The number of rotatable bonds is 14. The molecule has 272 valence electrons. The predicted octanol–water partition coefficient (Wildman–Crippen LogP) is 4.25. The molecule has 2 unspecified atom stereocenters. The van der Waals surface area contributed by atoms with E-state index in [0.29, 0.717) is 49.0 Å². The molecule has 5 rings (SSSR count). The van der Waals surface area contributed by atoms with Crippen molar-refractivity contribution in [1.82, 2.24) is 9.80 Å². The van der Waals surface area contributed by atoms with E-state index in [0.717, 1.165) is 0 Å². The standard InChI is InChI=1S/C37H42N2O12/c1-6-38(7-2)31(42)19-47-23-16-24(41)33-29(17-23)51-37(35(45)34(33)44)22-11-13-26-28(15-22)50-36(30(18-40)49-26)21-10-12-25(27(14-21)46-5)48-20-32(43)39(8-3)9-4/h10-17,30,36,40-41,45H,6-9,18-20H2,1-5H3. The number of aliphatic hydroxyl groups is 1. The fraction of sp³-hybridized carbons (Fsp3) is 0.378. The minimum absolute atomic E-state index is 0.0839. The van der Waals surface area contributed by atoms with Gasteiger partial charge in [-0.25, -0.2) is 0 Å². The number of phenols is 1. The zero-order valence-electron chi connectivity index (χ0n) is 29.1. The summed E-state index contributed by atoms with van der Waals surface area (Å²) in [7, 11) is 1.46. The normalized spacial score (nSPS) is 14.9. The number of carbonyl (C=O) groups is 2. The van der Waals surface area contributed by atoms with E-state index >= 15 is 0 Å². The van der Waals surface area contributed by atoms with E-state index in [-0.39, 0.29) is 65.4 Å². The number of amides is 2. The maximum Gasteiger partial charge on any atom is 0.260 e. The molecule has 2 atom stereocenters. The molecule has 14 nitrogen and oxygen atoms in total. The molecule has 1 aliphatic rings. The van der Waals surface area contributed by atoms with Crippen LogP contribution < -0.4 is 29.1 Å². The van der Waals surface area contributed by atoms with Crippen molar-refractivity contribution < 1.29 is 53.0 Å². The number of fused-ring (bicyclic) bond motifs is 2. The number of hydrogen-bond acceptors (Lipinski definition) is 12. The van der Waals surface area contributed by atoms with Crippen molar-refractivity contribution in [2.24, 2.45) is 0 Å². The van der Waals surface area contributed by atoms with Crippen LogP contribution in [0.2, 0.25) is 0 Å². The Labute approximate surface area is 294 Å². The molecular formula is C37H42N2O12. The third-order valence-electron chi connectivity index (χ3n) is 8.64. The molecule has 2 amide bonds. The topological polar surface area (TPSA) is 178 Å². The number of nitrogens with zero attached hydrogens (tertiary/aromatic N) is 2. The van der Waals surface area contributed by atoms with E-state index in [9.17, 15) is 29.7 Å². The Hall–Kier alpha value is -5.63. The maximum atomic E-state index is 13.2. The van der Waals surface area contributed by atoms with Crippen molar-refractivity contribution in [3.63, 3.8) is 0 Å². The third kappa shape index (κ3) is 7.60. The lowest BCUT2D eigenvalue weighted by Gasteiger charge is -2.33. The van der Waals surface area contributed by atoms with Gasteiger partial charge in [0, 0.05) is 49.4 Å². The lowest BCUT2D eigenvalue weighted by atomic mass is 10.0. The first-order valence-corrected chi connectivity index (χ1v) is 16.7. The molecule has 1 aliphatic heterocycles. The van der Waals surface area contributed by atoms with Gasteiger partial charge in [0.1, 0.15) is 22.5 Å². The predicted molar refractivity (Wildman–Crippen MR) is 186 cm³/mol. The molecule has 0 aliphatic carbocycles. The lowest BCUT2D eigenvalue weighted by molar-refractivity contribution is -0.133. The van der Waals surface area contributed by atoms with Crippen LogP contribution in [0.15, 0.2) is 57.7 Å². The highest BCUT2D eigenvalue weighted by atomic mass is 16.6. The molecule has 0 saturated heterocycles. The van der Waals surface area contributed by atoms with Gasteiger partial charge in [0.05, 0.1) is 13.7 Å². The monoisotopic (exact) mass is 706 g/mol. The summed E-state index contributed by atoms with van der Waals surface area (Å²) in [5.74, 6) is -0.571. The summed E-state index contributed by atoms with van der Waals surface area (Å²) in [6.45, 7) is 8.75. The summed E-state index contributed by atoms with van der Waals surface area (Å²) in [5.41, 5.74) is -0.140. The van der Waals surface area contributed by atoms with E-state index in [2.05, 4.69) is 0 Å². The summed E-state index contributed by atoms with van der Waals surface area (Å²) < 4.78 is 35.3. The number of likely N-dealkylation sites (N-methyl/N-ethyl adjacent to an activating group) is 2. The number of ether oxygens (including phenoxy) is 5. The average molecular weight is 707 g/mol. The minimum Gasteiger partial charge on any atom is -0.507 e. The zero-order valence-corrected chi connectivity index (χ0v) is 29.1. The van der Waals surface area contributed by atoms with E-state index in [4.69, 9.17) is 28.1 Å². The number of benzene rings is 3. The van der Waals surface area contributed by atoms with Crippen LogP contribution in [0.3, 0.4) is 0 Å². The van der Waals surface area contributed by atoms with Crippen molar-refractivity contribution >= 4 is 22.8 Å². The van der Waals surface area contributed by atoms with Crippen molar-refractivity contribution in [3.05, 3.63) is 64.3 Å². The summed E-state index contributed by atoms with van der Waals surface area (Å²) >= 11 is 0. The van der Waals surface area contributed by atoms with E-state index < -0.39 is 29.1 Å². The molecule has 3 aromatic carbocycles. The van der Waals surface area contributed by atoms with Crippen molar-refractivity contribution in [3.8, 4) is 51.6 Å². The Kier molecular flexibility index (Phi) is 11.4. The second kappa shape index (κ2) is 15.9. The Bertz CT molecular complexity index is 1950. The molecule has 51 heavy (non-hydrogen) atoms. The van der Waals surface area contributed by atoms with Gasteiger partial charge in [-0.15, -0.1) is 0 Å². The third-order valence-corrected chi connectivity index (χ3v) is 8.64. The summed E-state index contributed by atoms with van der Waals surface area (Å²) in [6, 6.07) is 12.1. The Morgan fingerprint density at radius 1 is 0.804 bits per heavy atom. The van der Waals surface area contributed by atoms with Gasteiger partial charge in [-0.1, -0.05) is 6.07 Å². The first kappa shape index (κ1) is 36.6. The first-order valence-electron chi connectivity index (χ1n) is 16.7. The molecule has 4 aromatic rings. The number of methoxy groups -OCH3 is 1. The highest BCUT2D eigenvalue weighted by Crippen LogP contribution is 2.44. The van der Waals surface area contributed by atoms with E-state index in [1.165, 1.54) is 25.3 Å². The fourth-order valence-corrected chi connectivity index (χ4v) is 5.84. The number of hydrogen-bond donors (Lipinski definition) is 3. The maximum absolute atomic E-state index is 13.2. The number of phenolic OH excluding ortho intramolecular Hbond substituents is 1. The van der Waals surface area contributed by atoms with Gasteiger partial charge in [0.2, 0.25) is 11.2 Å². The minimum atomic E-state index is -0.879. The second-order valence-electron chi connectivity index (χ2n) is 11.6. The number of carbonyl (C=O) groups excluding carboxylic acids is 2. The number of aliphatic hydroxyl groups excluding tert-OH is 1. The Morgan fingerprint density at radius 2 is 1.47 bits per heavy atom. The van der Waals surface area contributed by atoms with Crippen LogP contribution in [-0.4, -0.2) is 96.1 Å². The average Bonchev–Trinajstić information content (AvgIpc) is 3.14. The van der Waals surface area contributed by atoms with Gasteiger partial charge >= 0.3 is 0 Å². The first-order chi connectivity index (χ1) is 24.6. The van der Waals surface area contributed by atoms with Crippen LogP contribution in [0, 0.1) is 0 Å². The van der Waals surface area contributed by atoms with Crippen LogP contribution >= 0.6 is 0 Å². The molecule has 2 heterocycles. The van der Waals surface area contributed by atoms with Crippen LogP contribution in [0.5, 0.6) is 40.2 Å². The Morgan fingerprint density at radius 3 is 2.10 bits per heavy atom. The highest BCUT2D eigenvalue weighted by Gasteiger charge is 2.34. The van der Waals surface area contributed by atoms with Crippen LogP contribution in [-0.2, 0) is 9.59 Å². The molecule has 0 radical (unpaired) electrons. The van der Waals surface area contributed by atoms with Gasteiger partial charge in [0.25, 0.3) is 11.8 Å². The lowest BCUT2D eigenvalue weighted by Crippen LogP contribution is -2.36. The van der Waals surface area contributed by atoms with Crippen molar-refractivity contribution in [2.45, 2.75) is 39.9 Å². The van der Waals surface area contributed by atoms with Crippen LogP contribution in [0.1, 0.15) is 39.4 Å². The zero-order chi connectivity index (χ0) is 36.8. The largest absolute Gasteiger partial charge is 0.507 e. The van der Waals surface area contributed by atoms with E-state index in [1.54, 1.807) is 40.1 Å². The van der Waals surface area contributed by atoms with Gasteiger partial charge in [-0.2, -0.15) is 0 Å². The molecule has 0 spiro atoms. The summed E-state index contributed by atoms with van der Waals surface area (Å²) in [4.78, 5) is 41.4. The van der Waals surface area contributed by atoms with E-state index in [1.807, 2.05) is 27.7 Å². The summed E-state index contributed by atoms with van der Waals surface area (Å²) in [5, 5.41) is 31.5. The van der Waals surface area contributed by atoms with Gasteiger partial charge in [-0.3, -0.25) is 14.4 Å². The molecule has 3 N–H and O–H groups in total. The molecule has 0 saturated carbocycles. The second-order valence-corrected chi connectivity index (χ2v) is 11.6. The van der Waals surface area contributed by atoms with Gasteiger partial charge < -0.3 is 53.2 Å². The Balaban J connectivity index is 1.43. The van der Waals surface area contributed by atoms with Crippen LogP contribution in [0.25, 0.3) is 22.3 Å². The molecule has 14 heteroatoms. The number of aromatic hydroxyl groups is 2. The fourth-order valence-electron chi connectivity index (χ4n) is 5.84. The smallest absolute Gasteiger partial charge is 0.260 e. The van der Waals surface area contributed by atoms with Crippen LogP contribution in [0.4, 0.5) is 0 Å². The van der Waals surface area contributed by atoms with Gasteiger partial charge in [0.15, 0.2) is 54.2 Å². The molecule has 0 fully saturated rings. The molecule has 0 bridgehead atoms. The molecule has 1 aromatic heterocycles. The van der Waals surface area contributed by atoms with Crippen molar-refractivity contribution in [1.29, 1.82) is 0 Å². The highest BCUT2D eigenvalue weighted by molar-refractivity contribution is 5.88. The van der Waals surface area contributed by atoms with Gasteiger partial charge in [-0.05, 0) is 58.0 Å². The molecular weight excluding hydrogens is 664 g/mol. The SMILES string of the molecule is CCN(CC)C(=O)COc1cc(O)c2c(=O)c(O)c(-c3ccc4c(c3)OC(c3ccc(OCC(=O)N(CC)CC)c(OC)c3)C(CO)O4)oc2c1.